The van der Waals surface area contributed by atoms with Crippen LogP contribution in [-0.4, -0.2) is 9.78 Å². The lowest BCUT2D eigenvalue weighted by atomic mass is 10.2. The molecule has 0 fully saturated rings. The number of aromatic nitrogens is 2. The van der Waals surface area contributed by atoms with Crippen molar-refractivity contribution in [2.24, 2.45) is 7.05 Å². The molecule has 1 aromatic carbocycles. The fourth-order valence-corrected chi connectivity index (χ4v) is 2.20. The molecule has 0 spiro atoms. The topological polar surface area (TPSA) is 43.8 Å². The molecule has 2 N–H and O–H groups in total. The summed E-state index contributed by atoms with van der Waals surface area (Å²) >= 11 is 2.19. The van der Waals surface area contributed by atoms with Crippen LogP contribution >= 0.6 is 22.6 Å². The van der Waals surface area contributed by atoms with Gasteiger partial charge in [-0.05, 0) is 34.7 Å². The number of halogens is 1. The molecule has 0 radical (unpaired) electrons. The molecule has 0 amide bonds. The number of fused-ring (bicyclic) bond motifs is 1. The van der Waals surface area contributed by atoms with Gasteiger partial charge in [0.1, 0.15) is 3.70 Å². The number of nitrogens with two attached hydrogens (primary N) is 1. The summed E-state index contributed by atoms with van der Waals surface area (Å²) in [5.74, 6) is 0. The molecular weight excluding hydrogens is 265 g/mol. The van der Waals surface area contributed by atoms with E-state index in [9.17, 15) is 0 Å². The van der Waals surface area contributed by atoms with Crippen molar-refractivity contribution in [3.8, 4) is 0 Å². The Hall–Kier alpha value is -0.780. The second kappa shape index (κ2) is 2.62. The van der Waals surface area contributed by atoms with Crippen molar-refractivity contribution in [3.05, 3.63) is 21.9 Å². The standard InChI is InChI=1S/C8H8IN3/c1-12-6-4-2-3-5(10)7(6)8(9)11-12/h2-4H,10H2,1H3. The van der Waals surface area contributed by atoms with Crippen LogP contribution in [0, 0.1) is 3.70 Å². The summed E-state index contributed by atoms with van der Waals surface area (Å²) in [4.78, 5) is 0. The van der Waals surface area contributed by atoms with E-state index in [0.29, 0.717) is 0 Å². The zero-order chi connectivity index (χ0) is 8.72. The fraction of sp³-hybridized carbons (Fsp3) is 0.125. The number of aryl methyl sites for hydroxylation is 1. The van der Waals surface area contributed by atoms with Crippen molar-refractivity contribution in [1.82, 2.24) is 9.78 Å². The third-order valence-corrected chi connectivity index (χ3v) is 2.62. The van der Waals surface area contributed by atoms with Crippen molar-refractivity contribution in [1.29, 1.82) is 0 Å². The quantitative estimate of drug-likeness (QED) is 0.587. The first-order valence-electron chi connectivity index (χ1n) is 3.57. The SMILES string of the molecule is Cn1nc(I)c2c(N)cccc21. The molecule has 0 atom stereocenters. The predicted octanol–water partition coefficient (Wildman–Crippen LogP) is 1.76. The normalized spacial score (nSPS) is 10.8. The summed E-state index contributed by atoms with van der Waals surface area (Å²) in [5.41, 5.74) is 7.69. The van der Waals surface area contributed by atoms with Crippen LogP contribution in [0.5, 0.6) is 0 Å². The van der Waals surface area contributed by atoms with Crippen molar-refractivity contribution in [3.63, 3.8) is 0 Å². The Bertz CT molecular complexity index is 433. The highest BCUT2D eigenvalue weighted by Gasteiger charge is 2.07. The third-order valence-electron chi connectivity index (χ3n) is 1.87. The van der Waals surface area contributed by atoms with Gasteiger partial charge in [-0.2, -0.15) is 5.10 Å². The Labute approximate surface area is 83.7 Å². The highest BCUT2D eigenvalue weighted by atomic mass is 127. The van der Waals surface area contributed by atoms with E-state index in [1.54, 1.807) is 0 Å². The summed E-state index contributed by atoms with van der Waals surface area (Å²) in [5, 5.41) is 5.33. The van der Waals surface area contributed by atoms with Crippen LogP contribution in [0.1, 0.15) is 0 Å². The Morgan fingerprint density at radius 2 is 2.25 bits per heavy atom. The largest absolute Gasteiger partial charge is 0.398 e. The summed E-state index contributed by atoms with van der Waals surface area (Å²) in [7, 11) is 1.92. The Kier molecular flexibility index (Phi) is 1.71. The van der Waals surface area contributed by atoms with Crippen molar-refractivity contribution >= 4 is 39.2 Å². The van der Waals surface area contributed by atoms with E-state index < -0.39 is 0 Å². The van der Waals surface area contributed by atoms with E-state index in [2.05, 4.69) is 27.7 Å². The van der Waals surface area contributed by atoms with E-state index in [-0.39, 0.29) is 0 Å². The van der Waals surface area contributed by atoms with Crippen LogP contribution in [0.3, 0.4) is 0 Å². The van der Waals surface area contributed by atoms with Gasteiger partial charge in [0.25, 0.3) is 0 Å². The van der Waals surface area contributed by atoms with Crippen LogP contribution in [-0.2, 0) is 7.05 Å². The number of anilines is 1. The number of benzene rings is 1. The number of nitrogen functional groups attached to an aromatic ring is 1. The summed E-state index contributed by atoms with van der Waals surface area (Å²) < 4.78 is 2.80. The zero-order valence-electron chi connectivity index (χ0n) is 6.58. The molecule has 3 nitrogen and oxygen atoms in total. The van der Waals surface area contributed by atoms with Gasteiger partial charge >= 0.3 is 0 Å². The van der Waals surface area contributed by atoms with Gasteiger partial charge in [-0.1, -0.05) is 6.07 Å². The molecule has 1 heterocycles. The third kappa shape index (κ3) is 0.979. The first kappa shape index (κ1) is 7.85. The molecular formula is C8H8IN3. The minimum absolute atomic E-state index is 0.796. The molecule has 4 heteroatoms. The average molecular weight is 273 g/mol. The average Bonchev–Trinajstić information content (AvgIpc) is 2.29. The van der Waals surface area contributed by atoms with E-state index in [1.807, 2.05) is 29.9 Å². The molecule has 0 unspecified atom stereocenters. The highest BCUT2D eigenvalue weighted by molar-refractivity contribution is 14.1. The number of rotatable bonds is 0. The zero-order valence-corrected chi connectivity index (χ0v) is 8.74. The summed E-state index contributed by atoms with van der Waals surface area (Å²) in [6, 6.07) is 5.85. The number of nitrogens with zero attached hydrogens (tertiary/aromatic N) is 2. The maximum atomic E-state index is 5.81. The highest BCUT2D eigenvalue weighted by Crippen LogP contribution is 2.24. The Balaban J connectivity index is 2.99. The first-order chi connectivity index (χ1) is 5.70. The van der Waals surface area contributed by atoms with Crippen LogP contribution < -0.4 is 5.73 Å². The fourth-order valence-electron chi connectivity index (χ4n) is 1.29. The predicted molar refractivity (Wildman–Crippen MR) is 57.8 cm³/mol. The Morgan fingerprint density at radius 3 is 2.92 bits per heavy atom. The van der Waals surface area contributed by atoms with Crippen LogP contribution in [0.15, 0.2) is 18.2 Å². The van der Waals surface area contributed by atoms with Crippen LogP contribution in [0.25, 0.3) is 10.9 Å². The molecule has 12 heavy (non-hydrogen) atoms. The van der Waals surface area contributed by atoms with E-state index >= 15 is 0 Å². The van der Waals surface area contributed by atoms with E-state index in [1.165, 1.54) is 0 Å². The van der Waals surface area contributed by atoms with Gasteiger partial charge < -0.3 is 5.73 Å². The molecule has 0 aliphatic rings. The Morgan fingerprint density at radius 1 is 1.50 bits per heavy atom. The van der Waals surface area contributed by atoms with Gasteiger partial charge in [0.2, 0.25) is 0 Å². The van der Waals surface area contributed by atoms with Gasteiger partial charge in [0.15, 0.2) is 0 Å². The molecule has 62 valence electrons. The molecule has 0 bridgehead atoms. The second-order valence-electron chi connectivity index (χ2n) is 2.66. The summed E-state index contributed by atoms with van der Waals surface area (Å²) in [6.07, 6.45) is 0. The second-order valence-corrected chi connectivity index (χ2v) is 3.68. The van der Waals surface area contributed by atoms with Gasteiger partial charge in [0.05, 0.1) is 10.9 Å². The minimum Gasteiger partial charge on any atom is -0.398 e. The van der Waals surface area contributed by atoms with Crippen molar-refractivity contribution in [2.75, 3.05) is 5.73 Å². The van der Waals surface area contributed by atoms with Gasteiger partial charge in [-0.15, -0.1) is 0 Å². The smallest absolute Gasteiger partial charge is 0.133 e. The lowest BCUT2D eigenvalue weighted by molar-refractivity contribution is 0.787. The van der Waals surface area contributed by atoms with E-state index in [4.69, 9.17) is 5.73 Å². The molecule has 0 aliphatic heterocycles. The van der Waals surface area contributed by atoms with E-state index in [0.717, 1.165) is 20.3 Å². The van der Waals surface area contributed by atoms with Crippen molar-refractivity contribution in [2.45, 2.75) is 0 Å². The monoisotopic (exact) mass is 273 g/mol. The molecule has 0 saturated heterocycles. The molecule has 0 aliphatic carbocycles. The molecule has 2 aromatic rings. The lowest BCUT2D eigenvalue weighted by Gasteiger charge is -1.95. The maximum absolute atomic E-state index is 5.81. The summed E-state index contributed by atoms with van der Waals surface area (Å²) in [6.45, 7) is 0. The first-order valence-corrected chi connectivity index (χ1v) is 4.64. The van der Waals surface area contributed by atoms with Gasteiger partial charge in [-0.3, -0.25) is 4.68 Å². The molecule has 2 rings (SSSR count). The molecule has 1 aromatic heterocycles. The van der Waals surface area contributed by atoms with Gasteiger partial charge in [0, 0.05) is 12.7 Å². The van der Waals surface area contributed by atoms with Gasteiger partial charge in [-0.25, -0.2) is 0 Å². The lowest BCUT2D eigenvalue weighted by Crippen LogP contribution is -1.89. The van der Waals surface area contributed by atoms with Crippen LogP contribution in [0.4, 0.5) is 5.69 Å². The van der Waals surface area contributed by atoms with Crippen LogP contribution in [0.2, 0.25) is 0 Å². The number of hydrogen-bond donors (Lipinski definition) is 1. The number of hydrogen-bond acceptors (Lipinski definition) is 2. The minimum atomic E-state index is 0.796. The van der Waals surface area contributed by atoms with Crippen molar-refractivity contribution < 1.29 is 0 Å². The molecule has 0 saturated carbocycles. The maximum Gasteiger partial charge on any atom is 0.133 e.